The first-order chi connectivity index (χ1) is 13.4. The van der Waals surface area contributed by atoms with Crippen LogP contribution in [0.1, 0.15) is 23.4 Å². The molecule has 2 aliphatic heterocycles. The fourth-order valence-corrected chi connectivity index (χ4v) is 5.19. The molecule has 1 unspecified atom stereocenters. The minimum Gasteiger partial charge on any atom is -0.341 e. The van der Waals surface area contributed by atoms with Crippen LogP contribution in [0.4, 0.5) is 5.69 Å². The number of halogens is 2. The zero-order valence-corrected chi connectivity index (χ0v) is 17.1. The van der Waals surface area contributed by atoms with E-state index in [9.17, 15) is 9.59 Å². The van der Waals surface area contributed by atoms with Gasteiger partial charge in [0.05, 0.1) is 18.7 Å². The minimum absolute atomic E-state index is 0.0618. The highest BCUT2D eigenvalue weighted by atomic mass is 35.5. The summed E-state index contributed by atoms with van der Waals surface area (Å²) in [5, 5.41) is 10.1. The third-order valence-corrected chi connectivity index (χ3v) is 6.70. The quantitative estimate of drug-likeness (QED) is 0.740. The second-order valence-electron chi connectivity index (χ2n) is 7.06. The molecule has 4 rings (SSSR count). The largest absolute Gasteiger partial charge is 0.341 e. The van der Waals surface area contributed by atoms with Crippen molar-refractivity contribution >= 4 is 52.0 Å². The summed E-state index contributed by atoms with van der Waals surface area (Å²) in [7, 11) is 0. The minimum atomic E-state index is -0.360. The third-order valence-electron chi connectivity index (χ3n) is 5.35. The Morgan fingerprint density at radius 1 is 1.29 bits per heavy atom. The Kier molecular flexibility index (Phi) is 5.04. The van der Waals surface area contributed by atoms with Crippen molar-refractivity contribution in [2.75, 3.05) is 24.5 Å². The van der Waals surface area contributed by atoms with E-state index in [4.69, 9.17) is 28.5 Å². The van der Waals surface area contributed by atoms with Gasteiger partial charge in [-0.3, -0.25) is 9.59 Å². The van der Waals surface area contributed by atoms with Crippen molar-refractivity contribution in [3.8, 4) is 6.07 Å². The molecule has 1 aromatic carbocycles. The van der Waals surface area contributed by atoms with E-state index < -0.39 is 0 Å². The van der Waals surface area contributed by atoms with E-state index in [0.717, 1.165) is 17.7 Å². The van der Waals surface area contributed by atoms with Crippen LogP contribution in [0.2, 0.25) is 9.36 Å². The molecule has 9 heteroatoms. The van der Waals surface area contributed by atoms with Gasteiger partial charge in [0.1, 0.15) is 15.8 Å². The number of benzene rings is 1. The van der Waals surface area contributed by atoms with Gasteiger partial charge >= 0.3 is 0 Å². The van der Waals surface area contributed by atoms with Crippen molar-refractivity contribution in [3.05, 3.63) is 44.3 Å². The summed E-state index contributed by atoms with van der Waals surface area (Å²) in [5.74, 6) is -0.238. The summed E-state index contributed by atoms with van der Waals surface area (Å²) in [6.07, 6.45) is 2.31. The lowest BCUT2D eigenvalue weighted by atomic mass is 9.81. The molecule has 2 aromatic rings. The second kappa shape index (κ2) is 7.36. The van der Waals surface area contributed by atoms with Crippen LogP contribution in [0.25, 0.3) is 0 Å². The fraction of sp³-hybridized carbons (Fsp3) is 0.368. The zero-order chi connectivity index (χ0) is 19.9. The Labute approximate surface area is 176 Å². The average molecular weight is 435 g/mol. The predicted molar refractivity (Wildman–Crippen MR) is 108 cm³/mol. The number of hydrogen-bond donors (Lipinski definition) is 0. The molecule has 1 aromatic heterocycles. The summed E-state index contributed by atoms with van der Waals surface area (Å²) in [6, 6.07) is 7.44. The molecule has 6 nitrogen and oxygen atoms in total. The lowest BCUT2D eigenvalue weighted by Gasteiger charge is -2.25. The molecule has 0 bridgehead atoms. The zero-order valence-electron chi connectivity index (χ0n) is 14.8. The SMILES string of the molecule is N#CCC(=O)N1CCC2(C1)CN(C(=O)Cc1ncc(Cl)s1)c1ccc(Cl)cc12. The van der Waals surface area contributed by atoms with Gasteiger partial charge in [-0.05, 0) is 30.2 Å². The number of aromatic nitrogens is 1. The first kappa shape index (κ1) is 19.2. The maximum absolute atomic E-state index is 13.0. The third kappa shape index (κ3) is 3.37. The maximum atomic E-state index is 13.0. The Morgan fingerprint density at radius 2 is 2.11 bits per heavy atom. The fourth-order valence-electron chi connectivity index (χ4n) is 4.07. The van der Waals surface area contributed by atoms with E-state index in [0.29, 0.717) is 34.0 Å². The van der Waals surface area contributed by atoms with Gasteiger partial charge in [-0.15, -0.1) is 11.3 Å². The van der Waals surface area contributed by atoms with E-state index in [1.54, 1.807) is 22.1 Å². The molecule has 1 atom stereocenters. The lowest BCUT2D eigenvalue weighted by molar-refractivity contribution is -0.129. The highest BCUT2D eigenvalue weighted by Crippen LogP contribution is 2.47. The van der Waals surface area contributed by atoms with Crippen LogP contribution < -0.4 is 4.90 Å². The number of thiazole rings is 1. The lowest BCUT2D eigenvalue weighted by Crippen LogP contribution is -2.40. The first-order valence-electron chi connectivity index (χ1n) is 8.77. The number of nitriles is 1. The van der Waals surface area contributed by atoms with Crippen molar-refractivity contribution < 1.29 is 9.59 Å². The van der Waals surface area contributed by atoms with E-state index in [2.05, 4.69) is 4.98 Å². The number of hydrogen-bond acceptors (Lipinski definition) is 5. The second-order valence-corrected chi connectivity index (χ2v) is 9.24. The van der Waals surface area contributed by atoms with E-state index in [-0.39, 0.29) is 30.1 Å². The molecule has 2 amide bonds. The topological polar surface area (TPSA) is 77.3 Å². The van der Waals surface area contributed by atoms with Crippen LogP contribution in [0, 0.1) is 11.3 Å². The van der Waals surface area contributed by atoms with Crippen LogP contribution in [0.5, 0.6) is 0 Å². The van der Waals surface area contributed by atoms with Crippen molar-refractivity contribution in [2.24, 2.45) is 0 Å². The number of amides is 2. The molecule has 1 spiro atoms. The molecule has 0 N–H and O–H groups in total. The monoisotopic (exact) mass is 434 g/mol. The van der Waals surface area contributed by atoms with Gasteiger partial charge in [0, 0.05) is 35.8 Å². The number of carbonyl (C=O) groups excluding carboxylic acids is 2. The summed E-state index contributed by atoms with van der Waals surface area (Å²) >= 11 is 13.5. The van der Waals surface area contributed by atoms with Gasteiger partial charge in [-0.1, -0.05) is 23.2 Å². The van der Waals surface area contributed by atoms with Gasteiger partial charge < -0.3 is 9.80 Å². The standard InChI is InChI=1S/C19H16Cl2N4O2S/c20-12-1-2-14-13(7-12)19(4-6-24(10-19)17(26)3-5-22)11-25(14)18(27)8-16-23-9-15(21)28-16/h1-2,7,9H,3-4,6,8,10-11H2. The van der Waals surface area contributed by atoms with Crippen molar-refractivity contribution in [3.63, 3.8) is 0 Å². The molecule has 0 saturated carbocycles. The molecule has 0 radical (unpaired) electrons. The summed E-state index contributed by atoms with van der Waals surface area (Å²) < 4.78 is 0.551. The molecule has 2 aliphatic rings. The highest BCUT2D eigenvalue weighted by molar-refractivity contribution is 7.15. The van der Waals surface area contributed by atoms with E-state index in [1.165, 1.54) is 11.3 Å². The van der Waals surface area contributed by atoms with Crippen LogP contribution in [0.15, 0.2) is 24.4 Å². The average Bonchev–Trinajstić information content (AvgIpc) is 3.35. The van der Waals surface area contributed by atoms with Crippen LogP contribution in [0.3, 0.4) is 0 Å². The molecular weight excluding hydrogens is 419 g/mol. The molecule has 0 aliphatic carbocycles. The Balaban J connectivity index is 1.63. The Hall–Kier alpha value is -2.14. The Bertz CT molecular complexity index is 1000. The Morgan fingerprint density at radius 3 is 2.82 bits per heavy atom. The van der Waals surface area contributed by atoms with E-state index in [1.807, 2.05) is 18.2 Å². The number of nitrogens with zero attached hydrogens (tertiary/aromatic N) is 4. The number of fused-ring (bicyclic) bond motifs is 2. The number of anilines is 1. The summed E-state index contributed by atoms with van der Waals surface area (Å²) in [4.78, 5) is 32.9. The van der Waals surface area contributed by atoms with Gasteiger partial charge in [0.25, 0.3) is 0 Å². The van der Waals surface area contributed by atoms with Gasteiger partial charge in [-0.2, -0.15) is 5.26 Å². The van der Waals surface area contributed by atoms with Crippen molar-refractivity contribution in [2.45, 2.75) is 24.7 Å². The molecule has 28 heavy (non-hydrogen) atoms. The highest BCUT2D eigenvalue weighted by Gasteiger charge is 2.49. The molecule has 1 fully saturated rings. The summed E-state index contributed by atoms with van der Waals surface area (Å²) in [6.45, 7) is 1.53. The van der Waals surface area contributed by atoms with Crippen molar-refractivity contribution in [1.29, 1.82) is 5.26 Å². The normalized spacial score (nSPS) is 20.5. The summed E-state index contributed by atoms with van der Waals surface area (Å²) in [5.41, 5.74) is 1.45. The molecular formula is C19H16Cl2N4O2S. The number of rotatable bonds is 3. The first-order valence-corrected chi connectivity index (χ1v) is 10.3. The molecule has 144 valence electrons. The smallest absolute Gasteiger partial charge is 0.236 e. The molecule has 3 heterocycles. The van der Waals surface area contributed by atoms with Gasteiger partial charge in [-0.25, -0.2) is 4.98 Å². The number of carbonyl (C=O) groups is 2. The van der Waals surface area contributed by atoms with Gasteiger partial charge in [0.2, 0.25) is 11.8 Å². The van der Waals surface area contributed by atoms with E-state index >= 15 is 0 Å². The van der Waals surface area contributed by atoms with Crippen LogP contribution in [-0.4, -0.2) is 41.3 Å². The predicted octanol–water partition coefficient (Wildman–Crippen LogP) is 3.42. The number of likely N-dealkylation sites (tertiary alicyclic amines) is 1. The van der Waals surface area contributed by atoms with Crippen LogP contribution in [-0.2, 0) is 21.4 Å². The van der Waals surface area contributed by atoms with Gasteiger partial charge in [0.15, 0.2) is 0 Å². The maximum Gasteiger partial charge on any atom is 0.236 e. The van der Waals surface area contributed by atoms with Crippen molar-refractivity contribution in [1.82, 2.24) is 9.88 Å². The molecule has 1 saturated heterocycles. The van der Waals surface area contributed by atoms with Crippen LogP contribution >= 0.6 is 34.5 Å².